The zero-order valence-corrected chi connectivity index (χ0v) is 18.9. The normalized spacial score (nSPS) is 10.4. The van der Waals surface area contributed by atoms with Crippen molar-refractivity contribution in [1.82, 2.24) is 0 Å². The van der Waals surface area contributed by atoms with E-state index < -0.39 is 11.6 Å². The number of phenols is 1. The number of phenolic OH excluding ortho intramolecular Hbond substituents is 1. The van der Waals surface area contributed by atoms with E-state index in [4.69, 9.17) is 23.7 Å². The lowest BCUT2D eigenvalue weighted by Gasteiger charge is -2.15. The first kappa shape index (κ1) is 24.9. The van der Waals surface area contributed by atoms with Gasteiger partial charge in [0.1, 0.15) is 23.0 Å². The minimum Gasteiger partial charge on any atom is -0.507 e. The molecule has 0 saturated heterocycles. The van der Waals surface area contributed by atoms with E-state index in [1.165, 1.54) is 45.6 Å². The smallest absolute Gasteiger partial charge is 0.237 e. The van der Waals surface area contributed by atoms with Gasteiger partial charge in [-0.05, 0) is 44.5 Å². The van der Waals surface area contributed by atoms with Crippen molar-refractivity contribution in [3.8, 4) is 23.0 Å². The number of carbonyl (C=O) groups is 2. The van der Waals surface area contributed by atoms with Crippen LogP contribution in [0.3, 0.4) is 0 Å². The molecule has 0 radical (unpaired) electrons. The van der Waals surface area contributed by atoms with Gasteiger partial charge in [-0.3, -0.25) is 9.59 Å². The third-order valence-electron chi connectivity index (χ3n) is 4.50. The molecular weight excluding hydrogens is 416 g/mol. The van der Waals surface area contributed by atoms with Crippen molar-refractivity contribution in [2.24, 2.45) is 0 Å². The van der Waals surface area contributed by atoms with Gasteiger partial charge < -0.3 is 28.8 Å². The number of methoxy groups -OCH3 is 3. The summed E-state index contributed by atoms with van der Waals surface area (Å²) in [7, 11) is 4.39. The molecule has 0 amide bonds. The Hall–Kier alpha value is -3.36. The summed E-state index contributed by atoms with van der Waals surface area (Å²) in [5.74, 6) is -1.10. The predicted molar refractivity (Wildman–Crippen MR) is 118 cm³/mol. The summed E-state index contributed by atoms with van der Waals surface area (Å²) < 4.78 is 25.9. The molecule has 172 valence electrons. The molecule has 8 nitrogen and oxygen atoms in total. The highest BCUT2D eigenvalue weighted by molar-refractivity contribution is 6.50. The quantitative estimate of drug-likeness (QED) is 0.227. The summed E-state index contributed by atoms with van der Waals surface area (Å²) in [6, 6.07) is 7.35. The molecule has 0 saturated carbocycles. The van der Waals surface area contributed by atoms with Crippen LogP contribution in [0.1, 0.15) is 40.1 Å². The molecule has 0 aliphatic rings. The van der Waals surface area contributed by atoms with Gasteiger partial charge in [-0.25, -0.2) is 0 Å². The topological polar surface area (TPSA) is 101 Å². The largest absolute Gasteiger partial charge is 0.507 e. The molecule has 0 spiro atoms. The van der Waals surface area contributed by atoms with Gasteiger partial charge in [0.2, 0.25) is 11.6 Å². The molecule has 0 aliphatic carbocycles. The second-order valence-corrected chi connectivity index (χ2v) is 7.05. The van der Waals surface area contributed by atoms with E-state index in [0.29, 0.717) is 23.5 Å². The summed E-state index contributed by atoms with van der Waals surface area (Å²) in [5.41, 5.74) is 1.30. The lowest BCUT2D eigenvalue weighted by molar-refractivity contribution is 0.0497. The third kappa shape index (κ3) is 6.09. The highest BCUT2D eigenvalue weighted by Crippen LogP contribution is 2.34. The molecule has 1 N–H and O–H groups in total. The number of benzene rings is 2. The highest BCUT2D eigenvalue weighted by Gasteiger charge is 2.27. The number of aromatic hydroxyl groups is 1. The van der Waals surface area contributed by atoms with Crippen molar-refractivity contribution in [1.29, 1.82) is 0 Å². The van der Waals surface area contributed by atoms with Crippen LogP contribution in [0.15, 0.2) is 42.0 Å². The van der Waals surface area contributed by atoms with E-state index in [9.17, 15) is 14.7 Å². The van der Waals surface area contributed by atoms with E-state index in [-0.39, 0.29) is 36.2 Å². The maximum Gasteiger partial charge on any atom is 0.237 e. The van der Waals surface area contributed by atoms with Crippen LogP contribution < -0.4 is 14.2 Å². The maximum absolute atomic E-state index is 13.1. The van der Waals surface area contributed by atoms with Gasteiger partial charge in [-0.15, -0.1) is 0 Å². The lowest BCUT2D eigenvalue weighted by Crippen LogP contribution is -2.17. The summed E-state index contributed by atoms with van der Waals surface area (Å²) in [5, 5.41) is 10.8. The molecule has 0 unspecified atom stereocenters. The van der Waals surface area contributed by atoms with Gasteiger partial charge in [-0.1, -0.05) is 11.6 Å². The van der Waals surface area contributed by atoms with Gasteiger partial charge in [-0.2, -0.15) is 0 Å². The highest BCUT2D eigenvalue weighted by atomic mass is 16.7. The molecule has 32 heavy (non-hydrogen) atoms. The van der Waals surface area contributed by atoms with E-state index in [1.807, 2.05) is 19.9 Å². The Kier molecular flexibility index (Phi) is 9.24. The fourth-order valence-corrected chi connectivity index (χ4v) is 2.87. The summed E-state index contributed by atoms with van der Waals surface area (Å²) in [4.78, 5) is 26.1. The van der Waals surface area contributed by atoms with Crippen molar-refractivity contribution in [2.45, 2.75) is 20.3 Å². The SMILES string of the molecule is COCOc1cc(OC)ccc1C(=O)C(=O)c1ccc(OCOC)c(CC=C(C)C)c1O. The Balaban J connectivity index is 2.47. The monoisotopic (exact) mass is 444 g/mol. The van der Waals surface area contributed by atoms with E-state index in [2.05, 4.69) is 0 Å². The van der Waals surface area contributed by atoms with Crippen LogP contribution >= 0.6 is 0 Å². The van der Waals surface area contributed by atoms with E-state index >= 15 is 0 Å². The lowest BCUT2D eigenvalue weighted by atomic mass is 9.96. The van der Waals surface area contributed by atoms with Crippen molar-refractivity contribution < 1.29 is 38.4 Å². The molecule has 2 aromatic carbocycles. The van der Waals surface area contributed by atoms with Crippen LogP contribution in [-0.4, -0.2) is 51.6 Å². The molecule has 0 fully saturated rings. The van der Waals surface area contributed by atoms with Crippen molar-refractivity contribution in [2.75, 3.05) is 34.9 Å². The van der Waals surface area contributed by atoms with Crippen LogP contribution in [0.4, 0.5) is 0 Å². The van der Waals surface area contributed by atoms with Crippen LogP contribution in [0, 0.1) is 0 Å². The molecule has 8 heteroatoms. The van der Waals surface area contributed by atoms with Crippen LogP contribution in [0.2, 0.25) is 0 Å². The van der Waals surface area contributed by atoms with Gasteiger partial charge in [0.05, 0.1) is 18.2 Å². The first-order valence-electron chi connectivity index (χ1n) is 9.82. The van der Waals surface area contributed by atoms with Crippen LogP contribution in [-0.2, 0) is 15.9 Å². The Morgan fingerprint density at radius 1 is 0.875 bits per heavy atom. The number of rotatable bonds is 12. The molecule has 0 aromatic heterocycles. The number of Topliss-reactive ketones (excluding diaryl/α,β-unsaturated/α-hetero) is 2. The second kappa shape index (κ2) is 11.9. The Morgan fingerprint density at radius 3 is 2.06 bits per heavy atom. The van der Waals surface area contributed by atoms with Gasteiger partial charge in [0, 0.05) is 25.8 Å². The van der Waals surface area contributed by atoms with Crippen molar-refractivity contribution in [3.63, 3.8) is 0 Å². The number of carbonyl (C=O) groups excluding carboxylic acids is 2. The first-order chi connectivity index (χ1) is 15.3. The molecule has 0 heterocycles. The molecule has 2 rings (SSSR count). The van der Waals surface area contributed by atoms with E-state index in [1.54, 1.807) is 6.07 Å². The summed E-state index contributed by atoms with van der Waals surface area (Å²) in [6.07, 6.45) is 2.19. The second-order valence-electron chi connectivity index (χ2n) is 7.05. The Bertz CT molecular complexity index is 990. The van der Waals surface area contributed by atoms with Gasteiger partial charge in [0.15, 0.2) is 13.6 Å². The molecule has 0 aliphatic heterocycles. The summed E-state index contributed by atoms with van der Waals surface area (Å²) in [6.45, 7) is 3.68. The number of hydrogen-bond donors (Lipinski definition) is 1. The molecular formula is C24H28O8. The third-order valence-corrected chi connectivity index (χ3v) is 4.50. The van der Waals surface area contributed by atoms with Crippen LogP contribution in [0.25, 0.3) is 0 Å². The zero-order valence-electron chi connectivity index (χ0n) is 18.9. The fraction of sp³-hybridized carbons (Fsp3) is 0.333. The van der Waals surface area contributed by atoms with Gasteiger partial charge in [0.25, 0.3) is 0 Å². The fourth-order valence-electron chi connectivity index (χ4n) is 2.87. The zero-order chi connectivity index (χ0) is 23.7. The predicted octanol–water partition coefficient (Wildman–Crippen LogP) is 3.94. The van der Waals surface area contributed by atoms with E-state index in [0.717, 1.165) is 5.57 Å². The molecule has 0 bridgehead atoms. The number of ether oxygens (including phenoxy) is 5. The Morgan fingerprint density at radius 2 is 1.47 bits per heavy atom. The minimum absolute atomic E-state index is 0.0257. The molecule has 2 aromatic rings. The number of ketones is 2. The van der Waals surface area contributed by atoms with Crippen LogP contribution in [0.5, 0.6) is 23.0 Å². The average Bonchev–Trinajstić information content (AvgIpc) is 2.79. The van der Waals surface area contributed by atoms with Gasteiger partial charge >= 0.3 is 0 Å². The maximum atomic E-state index is 13.1. The average molecular weight is 444 g/mol. The number of allylic oxidation sites excluding steroid dienone is 2. The van der Waals surface area contributed by atoms with Crippen molar-refractivity contribution >= 4 is 11.6 Å². The molecule has 0 atom stereocenters. The van der Waals surface area contributed by atoms with Crippen molar-refractivity contribution in [3.05, 3.63) is 58.7 Å². The standard InChI is InChI=1S/C24H28O8/c1-15(2)6-8-17-20(31-13-28-3)11-10-19(22(17)25)24(27)23(26)18-9-7-16(30-5)12-21(18)32-14-29-4/h6-7,9-12,25H,8,13-14H2,1-5H3. The first-order valence-corrected chi connectivity index (χ1v) is 9.82. The number of hydrogen-bond acceptors (Lipinski definition) is 8. The minimum atomic E-state index is -0.883. The summed E-state index contributed by atoms with van der Waals surface area (Å²) >= 11 is 0. The Labute approximate surface area is 187 Å².